The van der Waals surface area contributed by atoms with Crippen molar-refractivity contribution < 1.29 is 19.4 Å². The fraction of sp³-hybridized carbons (Fsp3) is 0.136. The van der Waals surface area contributed by atoms with Crippen molar-refractivity contribution in [3.05, 3.63) is 70.4 Å². The molecule has 9 heteroatoms. The lowest BCUT2D eigenvalue weighted by atomic mass is 10.1. The van der Waals surface area contributed by atoms with Gasteiger partial charge in [0.2, 0.25) is 4.80 Å². The minimum Gasteiger partial charge on any atom is -0.507 e. The van der Waals surface area contributed by atoms with Gasteiger partial charge in [0.15, 0.2) is 0 Å². The van der Waals surface area contributed by atoms with Gasteiger partial charge in [0, 0.05) is 16.5 Å². The van der Waals surface area contributed by atoms with Gasteiger partial charge in [-0.2, -0.15) is 5.10 Å². The summed E-state index contributed by atoms with van der Waals surface area (Å²) in [6.45, 7) is 4.12. The van der Waals surface area contributed by atoms with E-state index in [2.05, 4.69) is 16.7 Å². The summed E-state index contributed by atoms with van der Waals surface area (Å²) in [6.07, 6.45) is 3.32. The maximum Gasteiger partial charge on any atom is 0.252 e. The molecule has 1 aromatic heterocycles. The van der Waals surface area contributed by atoms with Gasteiger partial charge in [-0.05, 0) is 36.4 Å². The van der Waals surface area contributed by atoms with Crippen LogP contribution in [0.15, 0.2) is 64.5 Å². The summed E-state index contributed by atoms with van der Waals surface area (Å²) in [5, 5.41) is 16.4. The van der Waals surface area contributed by atoms with Crippen LogP contribution in [0.3, 0.4) is 0 Å². The van der Waals surface area contributed by atoms with Gasteiger partial charge < -0.3 is 20.3 Å². The third-order valence-corrected chi connectivity index (χ3v) is 5.20. The van der Waals surface area contributed by atoms with Gasteiger partial charge in [0.1, 0.15) is 17.2 Å². The molecule has 0 aliphatic carbocycles. The smallest absolute Gasteiger partial charge is 0.252 e. The fourth-order valence-electron chi connectivity index (χ4n) is 2.81. The SMILES string of the molecule is C=CCN=c1scc(-c2ccc(O)c(C(N)=O)c2)n1N=Cc1cc(OC)ccc1OC. The number of primary amides is 1. The van der Waals surface area contributed by atoms with Crippen molar-refractivity contribution in [3.8, 4) is 28.5 Å². The van der Waals surface area contributed by atoms with Crippen LogP contribution in [0.25, 0.3) is 11.3 Å². The molecule has 3 N–H and O–H groups in total. The Morgan fingerprint density at radius 3 is 2.74 bits per heavy atom. The van der Waals surface area contributed by atoms with Crippen molar-refractivity contribution in [1.29, 1.82) is 0 Å². The van der Waals surface area contributed by atoms with E-state index >= 15 is 0 Å². The number of hydrogen-bond donors (Lipinski definition) is 2. The van der Waals surface area contributed by atoms with Crippen molar-refractivity contribution in [2.45, 2.75) is 0 Å². The number of phenols is 1. The molecule has 31 heavy (non-hydrogen) atoms. The summed E-state index contributed by atoms with van der Waals surface area (Å²) in [7, 11) is 3.16. The largest absolute Gasteiger partial charge is 0.507 e. The quantitative estimate of drug-likeness (QED) is 0.416. The van der Waals surface area contributed by atoms with Gasteiger partial charge in [-0.1, -0.05) is 6.08 Å². The molecule has 3 rings (SSSR count). The first kappa shape index (κ1) is 21.8. The molecule has 8 nitrogen and oxygen atoms in total. The maximum atomic E-state index is 11.7. The first-order valence-corrected chi connectivity index (χ1v) is 10.1. The zero-order valence-electron chi connectivity index (χ0n) is 17.1. The predicted octanol–water partition coefficient (Wildman–Crippen LogP) is 3.01. The second kappa shape index (κ2) is 9.77. The van der Waals surface area contributed by atoms with E-state index in [-0.39, 0.29) is 11.3 Å². The Bertz CT molecular complexity index is 1210. The first-order valence-electron chi connectivity index (χ1n) is 9.20. The summed E-state index contributed by atoms with van der Waals surface area (Å²) < 4.78 is 12.3. The van der Waals surface area contributed by atoms with Crippen LogP contribution in [0.4, 0.5) is 0 Å². The van der Waals surface area contributed by atoms with E-state index in [1.54, 1.807) is 55.5 Å². The normalized spacial score (nSPS) is 11.6. The van der Waals surface area contributed by atoms with Gasteiger partial charge in [-0.15, -0.1) is 17.9 Å². The number of rotatable bonds is 8. The Balaban J connectivity index is 2.15. The molecule has 1 heterocycles. The van der Waals surface area contributed by atoms with Crippen molar-refractivity contribution in [2.24, 2.45) is 15.8 Å². The monoisotopic (exact) mass is 438 g/mol. The molecule has 0 atom stereocenters. The van der Waals surface area contributed by atoms with Crippen LogP contribution in [0.1, 0.15) is 15.9 Å². The topological polar surface area (TPSA) is 111 Å². The number of carbonyl (C=O) groups excluding carboxylic acids is 1. The number of carbonyl (C=O) groups is 1. The highest BCUT2D eigenvalue weighted by Gasteiger charge is 2.13. The van der Waals surface area contributed by atoms with Crippen molar-refractivity contribution in [3.63, 3.8) is 0 Å². The van der Waals surface area contributed by atoms with Gasteiger partial charge in [-0.25, -0.2) is 4.68 Å². The summed E-state index contributed by atoms with van der Waals surface area (Å²) in [6, 6.07) is 10.0. The number of aromatic nitrogens is 1. The number of amides is 1. The zero-order chi connectivity index (χ0) is 22.4. The van der Waals surface area contributed by atoms with Crippen LogP contribution >= 0.6 is 11.3 Å². The van der Waals surface area contributed by atoms with Crippen LogP contribution in [0.2, 0.25) is 0 Å². The Labute approximate surface area is 183 Å². The number of ether oxygens (including phenoxy) is 2. The average molecular weight is 439 g/mol. The standard InChI is InChI=1S/C22H22N4O4S/c1-4-9-24-22-26(25-12-15-10-16(29-2)6-8-20(15)30-3)18(13-31-22)14-5-7-19(27)17(11-14)21(23)28/h4-8,10-13,27H,1,9H2,2-3H3,(H2,23,28). The third-order valence-electron chi connectivity index (χ3n) is 4.35. The molecule has 0 saturated heterocycles. The van der Waals surface area contributed by atoms with E-state index in [0.29, 0.717) is 39.7 Å². The van der Waals surface area contributed by atoms with Crippen LogP contribution in [-0.2, 0) is 0 Å². The molecule has 0 saturated carbocycles. The maximum absolute atomic E-state index is 11.7. The number of thiazole rings is 1. The summed E-state index contributed by atoms with van der Waals surface area (Å²) >= 11 is 1.38. The van der Waals surface area contributed by atoms with Crippen LogP contribution in [0, 0.1) is 0 Å². The third kappa shape index (κ3) is 4.84. The highest BCUT2D eigenvalue weighted by molar-refractivity contribution is 7.07. The van der Waals surface area contributed by atoms with Crippen molar-refractivity contribution >= 4 is 23.5 Å². The number of hydrogen-bond acceptors (Lipinski definition) is 7. The number of nitrogens with two attached hydrogens (primary N) is 1. The number of aromatic hydroxyl groups is 1. The molecule has 1 amide bonds. The summed E-state index contributed by atoms with van der Waals surface area (Å²) in [5.41, 5.74) is 7.44. The molecular weight excluding hydrogens is 416 g/mol. The molecule has 0 unspecified atom stereocenters. The fourth-order valence-corrected chi connectivity index (χ4v) is 3.66. The van der Waals surface area contributed by atoms with E-state index in [1.165, 1.54) is 23.5 Å². The highest BCUT2D eigenvalue weighted by atomic mass is 32.1. The highest BCUT2D eigenvalue weighted by Crippen LogP contribution is 2.27. The molecule has 0 spiro atoms. The number of nitrogens with zero attached hydrogens (tertiary/aromatic N) is 3. The van der Waals surface area contributed by atoms with Gasteiger partial charge >= 0.3 is 0 Å². The Hall–Kier alpha value is -3.85. The van der Waals surface area contributed by atoms with Gasteiger partial charge in [-0.3, -0.25) is 9.79 Å². The van der Waals surface area contributed by atoms with E-state index < -0.39 is 5.91 Å². The Morgan fingerprint density at radius 2 is 2.06 bits per heavy atom. The number of benzene rings is 2. The van der Waals surface area contributed by atoms with Gasteiger partial charge in [0.05, 0.1) is 38.2 Å². The van der Waals surface area contributed by atoms with Gasteiger partial charge in [0.25, 0.3) is 5.91 Å². The van der Waals surface area contributed by atoms with Crippen molar-refractivity contribution in [1.82, 2.24) is 4.68 Å². The summed E-state index contributed by atoms with van der Waals surface area (Å²) in [5.74, 6) is 0.396. The molecule has 0 aliphatic heterocycles. The van der Waals surface area contributed by atoms with E-state index in [4.69, 9.17) is 15.2 Å². The number of methoxy groups -OCH3 is 2. The lowest BCUT2D eigenvalue weighted by Crippen LogP contribution is -2.14. The van der Waals surface area contributed by atoms with Crippen molar-refractivity contribution in [2.75, 3.05) is 20.8 Å². The second-order valence-corrected chi connectivity index (χ2v) is 7.13. The predicted molar refractivity (Wildman–Crippen MR) is 121 cm³/mol. The first-order chi connectivity index (χ1) is 15.0. The van der Waals surface area contributed by atoms with Crippen LogP contribution in [0.5, 0.6) is 17.2 Å². The van der Waals surface area contributed by atoms with E-state index in [9.17, 15) is 9.90 Å². The molecule has 0 radical (unpaired) electrons. The van der Waals surface area contributed by atoms with E-state index in [0.717, 1.165) is 0 Å². The van der Waals surface area contributed by atoms with Crippen LogP contribution < -0.4 is 20.0 Å². The molecule has 0 bridgehead atoms. The molecule has 160 valence electrons. The molecule has 0 fully saturated rings. The molecule has 2 aromatic carbocycles. The average Bonchev–Trinajstić information content (AvgIpc) is 3.18. The van der Waals surface area contributed by atoms with Crippen LogP contribution in [-0.4, -0.2) is 42.7 Å². The lowest BCUT2D eigenvalue weighted by molar-refractivity contribution is 0.0998. The molecule has 0 aliphatic rings. The molecule has 3 aromatic rings. The Kier molecular flexibility index (Phi) is 6.88. The molecular formula is C22H22N4O4S. The van der Waals surface area contributed by atoms with E-state index in [1.807, 2.05) is 5.38 Å². The lowest BCUT2D eigenvalue weighted by Gasteiger charge is -2.08. The minimum absolute atomic E-state index is 0.0262. The second-order valence-electron chi connectivity index (χ2n) is 6.29. The zero-order valence-corrected chi connectivity index (χ0v) is 17.9. The summed E-state index contributed by atoms with van der Waals surface area (Å²) in [4.78, 5) is 16.8. The Morgan fingerprint density at radius 1 is 1.26 bits per heavy atom. The minimum atomic E-state index is -0.720.